The van der Waals surface area contributed by atoms with E-state index in [1.165, 1.54) is 0 Å². The molecule has 0 aromatic rings. The van der Waals surface area contributed by atoms with Crippen LogP contribution in [0.1, 0.15) is 26.7 Å². The minimum absolute atomic E-state index is 0. The molecule has 14 heavy (non-hydrogen) atoms. The van der Waals surface area contributed by atoms with Gasteiger partial charge in [-0.15, -0.1) is 12.4 Å². The van der Waals surface area contributed by atoms with Crippen LogP contribution >= 0.6 is 12.4 Å². The molecule has 3 aliphatic carbocycles. The molecule has 82 valence electrons. The van der Waals surface area contributed by atoms with Crippen molar-refractivity contribution in [3.63, 3.8) is 0 Å². The molecule has 0 aromatic heterocycles. The highest BCUT2D eigenvalue weighted by atomic mass is 35.5. The number of carboxylic acid groups (broad SMARTS) is 1. The molecule has 3 nitrogen and oxygen atoms in total. The third-order valence-corrected chi connectivity index (χ3v) is 4.33. The molecular formula is C10H18ClNO2. The number of aliphatic carboxylic acids is 1. The first-order chi connectivity index (χ1) is 5.94. The van der Waals surface area contributed by atoms with Crippen molar-refractivity contribution in [2.75, 3.05) is 0 Å². The fourth-order valence-corrected chi connectivity index (χ4v) is 3.12. The summed E-state index contributed by atoms with van der Waals surface area (Å²) in [7, 11) is 0. The molecule has 3 aliphatic rings. The van der Waals surface area contributed by atoms with Gasteiger partial charge in [-0.05, 0) is 30.1 Å². The third-order valence-electron chi connectivity index (χ3n) is 4.33. The number of fused-ring (bicyclic) bond motifs is 2. The highest BCUT2D eigenvalue weighted by Gasteiger charge is 2.58. The fraction of sp³-hybridized carbons (Fsp3) is 0.900. The third kappa shape index (κ3) is 1.34. The predicted octanol–water partition coefficient (Wildman–Crippen LogP) is 1.50. The Hall–Kier alpha value is -0.280. The maximum Gasteiger partial charge on any atom is 0.308 e. The van der Waals surface area contributed by atoms with Gasteiger partial charge in [-0.2, -0.15) is 0 Å². The second-order valence-electron chi connectivity index (χ2n) is 5.12. The second kappa shape index (κ2) is 3.38. The normalized spacial score (nSPS) is 43.4. The highest BCUT2D eigenvalue weighted by molar-refractivity contribution is 5.85. The number of halogens is 1. The van der Waals surface area contributed by atoms with Crippen molar-refractivity contribution in [1.29, 1.82) is 0 Å². The summed E-state index contributed by atoms with van der Waals surface area (Å²) in [6.45, 7) is 4.42. The van der Waals surface area contributed by atoms with E-state index < -0.39 is 5.97 Å². The van der Waals surface area contributed by atoms with Gasteiger partial charge < -0.3 is 10.8 Å². The van der Waals surface area contributed by atoms with Gasteiger partial charge in [-0.3, -0.25) is 4.79 Å². The molecule has 0 aromatic carbocycles. The molecule has 3 fully saturated rings. The van der Waals surface area contributed by atoms with Crippen molar-refractivity contribution >= 4 is 18.4 Å². The largest absolute Gasteiger partial charge is 0.481 e. The lowest BCUT2D eigenvalue weighted by Crippen LogP contribution is -2.62. The van der Waals surface area contributed by atoms with E-state index in [-0.39, 0.29) is 29.8 Å². The summed E-state index contributed by atoms with van der Waals surface area (Å²) >= 11 is 0. The molecule has 3 saturated carbocycles. The van der Waals surface area contributed by atoms with Crippen LogP contribution in [0.4, 0.5) is 0 Å². The Morgan fingerprint density at radius 1 is 1.43 bits per heavy atom. The lowest BCUT2D eigenvalue weighted by Gasteiger charge is -2.60. The van der Waals surface area contributed by atoms with Crippen LogP contribution < -0.4 is 5.73 Å². The van der Waals surface area contributed by atoms with Crippen LogP contribution in [0.2, 0.25) is 0 Å². The lowest BCUT2D eigenvalue weighted by atomic mass is 9.45. The Bertz CT molecular complexity index is 255. The van der Waals surface area contributed by atoms with E-state index >= 15 is 0 Å². The van der Waals surface area contributed by atoms with Crippen molar-refractivity contribution in [3.8, 4) is 0 Å². The zero-order chi connectivity index (χ0) is 9.80. The quantitative estimate of drug-likeness (QED) is 0.703. The van der Waals surface area contributed by atoms with E-state index in [9.17, 15) is 4.79 Å². The van der Waals surface area contributed by atoms with Crippen molar-refractivity contribution < 1.29 is 9.90 Å². The summed E-state index contributed by atoms with van der Waals surface area (Å²) in [6, 6.07) is -0.127. The number of carboxylic acids is 1. The molecule has 0 heterocycles. The van der Waals surface area contributed by atoms with Crippen LogP contribution in [-0.4, -0.2) is 17.1 Å². The Kier molecular flexibility index (Phi) is 2.85. The lowest BCUT2D eigenvalue weighted by molar-refractivity contribution is -0.159. The molecule has 0 saturated heterocycles. The van der Waals surface area contributed by atoms with Gasteiger partial charge in [-0.25, -0.2) is 0 Å². The summed E-state index contributed by atoms with van der Waals surface area (Å²) in [5.41, 5.74) is 6.24. The summed E-state index contributed by atoms with van der Waals surface area (Å²) in [5.74, 6) is 0.000208. The number of carbonyl (C=O) groups is 1. The van der Waals surface area contributed by atoms with E-state index in [2.05, 4.69) is 13.8 Å². The van der Waals surface area contributed by atoms with Gasteiger partial charge in [0.25, 0.3) is 0 Å². The average molecular weight is 220 g/mol. The van der Waals surface area contributed by atoms with Gasteiger partial charge in [0.1, 0.15) is 0 Å². The smallest absolute Gasteiger partial charge is 0.308 e. The van der Waals surface area contributed by atoms with Crippen LogP contribution in [0, 0.1) is 23.2 Å². The first-order valence-corrected chi connectivity index (χ1v) is 4.93. The van der Waals surface area contributed by atoms with Gasteiger partial charge in [0.15, 0.2) is 0 Å². The molecule has 3 N–H and O–H groups in total. The Morgan fingerprint density at radius 2 is 2.00 bits per heavy atom. The van der Waals surface area contributed by atoms with E-state index in [0.29, 0.717) is 11.8 Å². The summed E-state index contributed by atoms with van der Waals surface area (Å²) < 4.78 is 0. The van der Waals surface area contributed by atoms with Crippen molar-refractivity contribution in [2.24, 2.45) is 28.9 Å². The average Bonchev–Trinajstić information content (AvgIpc) is 2.02. The molecule has 0 amide bonds. The Labute approximate surface area is 90.5 Å². The maximum atomic E-state index is 10.9. The number of hydrogen-bond donors (Lipinski definition) is 2. The zero-order valence-corrected chi connectivity index (χ0v) is 9.38. The van der Waals surface area contributed by atoms with Crippen LogP contribution in [-0.2, 0) is 4.79 Å². The van der Waals surface area contributed by atoms with Gasteiger partial charge >= 0.3 is 5.97 Å². The summed E-state index contributed by atoms with van der Waals surface area (Å²) in [6.07, 6.45) is 1.91. The fourth-order valence-electron chi connectivity index (χ4n) is 3.12. The van der Waals surface area contributed by atoms with Crippen molar-refractivity contribution in [2.45, 2.75) is 32.7 Å². The Balaban J connectivity index is 0.000000980. The molecule has 0 aliphatic heterocycles. The second-order valence-corrected chi connectivity index (χ2v) is 5.12. The van der Waals surface area contributed by atoms with Gasteiger partial charge in [-0.1, -0.05) is 13.8 Å². The number of hydrogen-bond acceptors (Lipinski definition) is 2. The van der Waals surface area contributed by atoms with Gasteiger partial charge in [0.2, 0.25) is 0 Å². The van der Waals surface area contributed by atoms with E-state index in [1.807, 2.05) is 0 Å². The van der Waals surface area contributed by atoms with Crippen LogP contribution in [0.3, 0.4) is 0 Å². The molecule has 0 radical (unpaired) electrons. The molecule has 2 bridgehead atoms. The minimum Gasteiger partial charge on any atom is -0.481 e. The first kappa shape index (κ1) is 11.8. The van der Waals surface area contributed by atoms with E-state index in [4.69, 9.17) is 10.8 Å². The van der Waals surface area contributed by atoms with Crippen LogP contribution in [0.25, 0.3) is 0 Å². The zero-order valence-electron chi connectivity index (χ0n) is 8.56. The SMILES string of the molecule is CC1(C)[C@H]2C[C@@H]1[C@H](N)[C@H](C(=O)O)C2.Cl. The van der Waals surface area contributed by atoms with Crippen molar-refractivity contribution in [1.82, 2.24) is 0 Å². The predicted molar refractivity (Wildman–Crippen MR) is 56.3 cm³/mol. The summed E-state index contributed by atoms with van der Waals surface area (Å²) in [5, 5.41) is 8.94. The molecule has 0 unspecified atom stereocenters. The maximum absolute atomic E-state index is 10.9. The standard InChI is InChI=1S/C10H17NO2.ClH/c1-10(2)5-3-6(9(12)13)8(11)7(10)4-5;/h5-8H,3-4,11H2,1-2H3,(H,12,13);1H/t5-,6-,7-,8-;/m1./s1. The topological polar surface area (TPSA) is 63.3 Å². The van der Waals surface area contributed by atoms with Crippen LogP contribution in [0.5, 0.6) is 0 Å². The van der Waals surface area contributed by atoms with E-state index in [0.717, 1.165) is 12.8 Å². The molecule has 4 atom stereocenters. The van der Waals surface area contributed by atoms with Gasteiger partial charge in [0, 0.05) is 6.04 Å². The summed E-state index contributed by atoms with van der Waals surface area (Å²) in [4.78, 5) is 10.9. The number of rotatable bonds is 1. The van der Waals surface area contributed by atoms with Crippen LogP contribution in [0.15, 0.2) is 0 Å². The van der Waals surface area contributed by atoms with E-state index in [1.54, 1.807) is 0 Å². The molecule has 3 rings (SSSR count). The van der Waals surface area contributed by atoms with Crippen molar-refractivity contribution in [3.05, 3.63) is 0 Å². The first-order valence-electron chi connectivity index (χ1n) is 4.93. The Morgan fingerprint density at radius 3 is 2.36 bits per heavy atom. The number of nitrogens with two attached hydrogens (primary N) is 1. The highest BCUT2D eigenvalue weighted by Crippen LogP contribution is 2.60. The monoisotopic (exact) mass is 219 g/mol. The molecule has 0 spiro atoms. The minimum atomic E-state index is -0.710. The molecular weight excluding hydrogens is 202 g/mol. The van der Waals surface area contributed by atoms with Gasteiger partial charge in [0.05, 0.1) is 5.92 Å². The molecule has 4 heteroatoms.